The summed E-state index contributed by atoms with van der Waals surface area (Å²) in [5.74, 6) is 0.591. The summed E-state index contributed by atoms with van der Waals surface area (Å²) in [5.41, 5.74) is 2.13. The molecule has 0 N–H and O–H groups in total. The number of aromatic nitrogens is 2. The molecular formula is C16H12N2O. The van der Waals surface area contributed by atoms with Crippen molar-refractivity contribution >= 4 is 17.1 Å². The number of rotatable bonds is 2. The Hall–Kier alpha value is -2.55. The Balaban J connectivity index is 2.18. The molecular weight excluding hydrogens is 236 g/mol. The van der Waals surface area contributed by atoms with Crippen molar-refractivity contribution in [2.45, 2.75) is 6.92 Å². The summed E-state index contributed by atoms with van der Waals surface area (Å²) in [6.07, 6.45) is 0.749. The first-order chi connectivity index (χ1) is 9.26. The fourth-order valence-corrected chi connectivity index (χ4v) is 2.11. The maximum absolute atomic E-state index is 10.9. The van der Waals surface area contributed by atoms with Crippen molar-refractivity contribution in [3.8, 4) is 11.4 Å². The van der Waals surface area contributed by atoms with Crippen LogP contribution >= 0.6 is 0 Å². The van der Waals surface area contributed by atoms with Gasteiger partial charge in [-0.2, -0.15) is 0 Å². The lowest BCUT2D eigenvalue weighted by atomic mass is 10.1. The standard InChI is InChI=1S/C16H12N2O/c1-11-8-15(10-19)18-16(17-11)14-7-6-12-4-2-3-5-13(12)9-14/h2-10H,1H3. The van der Waals surface area contributed by atoms with E-state index in [0.29, 0.717) is 11.5 Å². The van der Waals surface area contributed by atoms with Crippen LogP contribution in [0.3, 0.4) is 0 Å². The summed E-state index contributed by atoms with van der Waals surface area (Å²) in [6, 6.07) is 15.9. The normalized spacial score (nSPS) is 10.6. The molecule has 0 spiro atoms. The second-order valence-electron chi connectivity index (χ2n) is 4.44. The fourth-order valence-electron chi connectivity index (χ4n) is 2.11. The van der Waals surface area contributed by atoms with Crippen LogP contribution in [0.15, 0.2) is 48.5 Å². The molecule has 0 amide bonds. The van der Waals surface area contributed by atoms with Crippen LogP contribution < -0.4 is 0 Å². The molecule has 0 bridgehead atoms. The summed E-state index contributed by atoms with van der Waals surface area (Å²) in [6.45, 7) is 1.86. The molecule has 3 heteroatoms. The van der Waals surface area contributed by atoms with Gasteiger partial charge in [-0.05, 0) is 29.8 Å². The van der Waals surface area contributed by atoms with E-state index in [9.17, 15) is 4.79 Å². The minimum Gasteiger partial charge on any atom is -0.296 e. The van der Waals surface area contributed by atoms with E-state index in [1.807, 2.05) is 37.3 Å². The average Bonchev–Trinajstić information content (AvgIpc) is 2.46. The molecule has 3 rings (SSSR count). The highest BCUT2D eigenvalue weighted by atomic mass is 16.1. The molecule has 0 fully saturated rings. The molecule has 0 saturated heterocycles. The van der Waals surface area contributed by atoms with E-state index in [2.05, 4.69) is 22.1 Å². The van der Waals surface area contributed by atoms with E-state index in [4.69, 9.17) is 0 Å². The van der Waals surface area contributed by atoms with Crippen molar-refractivity contribution in [2.75, 3.05) is 0 Å². The first kappa shape index (κ1) is 11.5. The third kappa shape index (κ3) is 2.22. The van der Waals surface area contributed by atoms with E-state index < -0.39 is 0 Å². The van der Waals surface area contributed by atoms with Crippen LogP contribution in [0.5, 0.6) is 0 Å². The van der Waals surface area contributed by atoms with Crippen molar-refractivity contribution in [2.24, 2.45) is 0 Å². The quantitative estimate of drug-likeness (QED) is 0.653. The number of hydrogen-bond acceptors (Lipinski definition) is 3. The van der Waals surface area contributed by atoms with Crippen LogP contribution in [0.2, 0.25) is 0 Å². The molecule has 3 nitrogen and oxygen atoms in total. The largest absolute Gasteiger partial charge is 0.296 e. The van der Waals surface area contributed by atoms with Gasteiger partial charge in [0, 0.05) is 11.3 Å². The van der Waals surface area contributed by atoms with Gasteiger partial charge < -0.3 is 0 Å². The lowest BCUT2D eigenvalue weighted by Crippen LogP contribution is -1.96. The van der Waals surface area contributed by atoms with E-state index in [-0.39, 0.29) is 0 Å². The molecule has 0 aliphatic rings. The molecule has 19 heavy (non-hydrogen) atoms. The SMILES string of the molecule is Cc1cc(C=O)nc(-c2ccc3ccccc3c2)n1. The smallest absolute Gasteiger partial charge is 0.168 e. The van der Waals surface area contributed by atoms with Crippen LogP contribution in [0, 0.1) is 6.92 Å². The number of aryl methyl sites for hydroxylation is 1. The number of aldehydes is 1. The molecule has 0 atom stereocenters. The zero-order chi connectivity index (χ0) is 13.2. The van der Waals surface area contributed by atoms with Crippen LogP contribution in [-0.2, 0) is 0 Å². The van der Waals surface area contributed by atoms with Crippen LogP contribution in [0.25, 0.3) is 22.2 Å². The summed E-state index contributed by atoms with van der Waals surface area (Å²) in [4.78, 5) is 19.5. The highest BCUT2D eigenvalue weighted by Gasteiger charge is 2.05. The number of carbonyl (C=O) groups excluding carboxylic acids is 1. The predicted molar refractivity (Wildman–Crippen MR) is 75.1 cm³/mol. The maximum atomic E-state index is 10.9. The lowest BCUT2D eigenvalue weighted by molar-refractivity contribution is 0.111. The second kappa shape index (κ2) is 4.61. The van der Waals surface area contributed by atoms with Crippen LogP contribution in [0.1, 0.15) is 16.2 Å². The third-order valence-electron chi connectivity index (χ3n) is 3.00. The molecule has 1 heterocycles. The average molecular weight is 248 g/mol. The van der Waals surface area contributed by atoms with Gasteiger partial charge >= 0.3 is 0 Å². The zero-order valence-electron chi connectivity index (χ0n) is 10.5. The van der Waals surface area contributed by atoms with Crippen molar-refractivity contribution in [3.63, 3.8) is 0 Å². The van der Waals surface area contributed by atoms with Gasteiger partial charge in [0.05, 0.1) is 0 Å². The van der Waals surface area contributed by atoms with E-state index in [1.165, 1.54) is 5.39 Å². The second-order valence-corrected chi connectivity index (χ2v) is 4.44. The van der Waals surface area contributed by atoms with Gasteiger partial charge in [0.1, 0.15) is 5.69 Å². The van der Waals surface area contributed by atoms with Crippen molar-refractivity contribution < 1.29 is 4.79 Å². The molecule has 3 aromatic rings. The van der Waals surface area contributed by atoms with Gasteiger partial charge in [0.2, 0.25) is 0 Å². The molecule has 0 radical (unpaired) electrons. The summed E-state index contributed by atoms with van der Waals surface area (Å²) >= 11 is 0. The van der Waals surface area contributed by atoms with Gasteiger partial charge in [-0.1, -0.05) is 36.4 Å². The van der Waals surface area contributed by atoms with Gasteiger partial charge in [0.15, 0.2) is 12.1 Å². The Kier molecular flexibility index (Phi) is 2.80. The number of carbonyl (C=O) groups is 1. The Morgan fingerprint density at radius 1 is 0.947 bits per heavy atom. The van der Waals surface area contributed by atoms with Crippen molar-refractivity contribution in [1.29, 1.82) is 0 Å². The van der Waals surface area contributed by atoms with Crippen LogP contribution in [0.4, 0.5) is 0 Å². The Morgan fingerprint density at radius 3 is 2.53 bits per heavy atom. The Labute approximate surface area is 111 Å². The molecule has 92 valence electrons. The zero-order valence-corrected chi connectivity index (χ0v) is 10.5. The predicted octanol–water partition coefficient (Wildman–Crippen LogP) is 3.42. The molecule has 1 aromatic heterocycles. The highest BCUT2D eigenvalue weighted by molar-refractivity contribution is 5.86. The van der Waals surface area contributed by atoms with Gasteiger partial charge in [-0.25, -0.2) is 9.97 Å². The van der Waals surface area contributed by atoms with Crippen LogP contribution in [-0.4, -0.2) is 16.3 Å². The maximum Gasteiger partial charge on any atom is 0.168 e. The third-order valence-corrected chi connectivity index (χ3v) is 3.00. The number of nitrogens with zero attached hydrogens (tertiary/aromatic N) is 2. The van der Waals surface area contributed by atoms with Crippen molar-refractivity contribution in [3.05, 3.63) is 59.9 Å². The summed E-state index contributed by atoms with van der Waals surface area (Å²) < 4.78 is 0. The van der Waals surface area contributed by atoms with E-state index in [0.717, 1.165) is 22.9 Å². The molecule has 0 unspecified atom stereocenters. The number of hydrogen-bond donors (Lipinski definition) is 0. The first-order valence-corrected chi connectivity index (χ1v) is 6.06. The topological polar surface area (TPSA) is 42.9 Å². The summed E-state index contributed by atoms with van der Waals surface area (Å²) in [5, 5.41) is 2.31. The Morgan fingerprint density at radius 2 is 1.74 bits per heavy atom. The highest BCUT2D eigenvalue weighted by Crippen LogP contribution is 2.22. The first-order valence-electron chi connectivity index (χ1n) is 6.06. The van der Waals surface area contributed by atoms with Gasteiger partial charge in [-0.15, -0.1) is 0 Å². The number of benzene rings is 2. The van der Waals surface area contributed by atoms with Gasteiger partial charge in [-0.3, -0.25) is 4.79 Å². The number of fused-ring (bicyclic) bond motifs is 1. The fraction of sp³-hybridized carbons (Fsp3) is 0.0625. The van der Waals surface area contributed by atoms with E-state index >= 15 is 0 Å². The molecule has 0 aliphatic heterocycles. The van der Waals surface area contributed by atoms with E-state index in [1.54, 1.807) is 6.07 Å². The summed E-state index contributed by atoms with van der Waals surface area (Å²) in [7, 11) is 0. The lowest BCUT2D eigenvalue weighted by Gasteiger charge is -2.04. The molecule has 2 aromatic carbocycles. The van der Waals surface area contributed by atoms with Gasteiger partial charge in [0.25, 0.3) is 0 Å². The molecule has 0 saturated carbocycles. The Bertz CT molecular complexity index is 766. The minimum atomic E-state index is 0.413. The van der Waals surface area contributed by atoms with Crippen molar-refractivity contribution in [1.82, 2.24) is 9.97 Å². The monoisotopic (exact) mass is 248 g/mol. The molecule has 0 aliphatic carbocycles. The minimum absolute atomic E-state index is 0.413.